The van der Waals surface area contributed by atoms with Crippen LogP contribution in [0.15, 0.2) is 36.4 Å². The van der Waals surface area contributed by atoms with E-state index in [4.69, 9.17) is 14.2 Å². The molecule has 2 aromatic carbocycles. The van der Waals surface area contributed by atoms with Gasteiger partial charge in [-0.2, -0.15) is 0 Å². The second-order valence-corrected chi connectivity index (χ2v) is 4.67. The first-order chi connectivity index (χ1) is 11.1. The van der Waals surface area contributed by atoms with Gasteiger partial charge in [-0.3, -0.25) is 10.1 Å². The molecule has 0 aromatic heterocycles. The van der Waals surface area contributed by atoms with Crippen molar-refractivity contribution in [1.82, 2.24) is 0 Å². The second kappa shape index (κ2) is 7.31. The van der Waals surface area contributed by atoms with E-state index in [1.54, 1.807) is 38.5 Å². The first-order valence-electron chi connectivity index (χ1n) is 6.81. The summed E-state index contributed by atoms with van der Waals surface area (Å²) in [5.74, 6) is 1.57. The highest BCUT2D eigenvalue weighted by Gasteiger charge is 2.14. The van der Waals surface area contributed by atoms with Gasteiger partial charge in [-0.05, 0) is 29.3 Å². The van der Waals surface area contributed by atoms with Crippen LogP contribution in [0.25, 0.3) is 12.2 Å². The molecule has 0 aliphatic heterocycles. The zero-order chi connectivity index (χ0) is 16.8. The molecule has 0 unspecified atom stereocenters. The van der Waals surface area contributed by atoms with Gasteiger partial charge in [0.1, 0.15) is 11.5 Å². The van der Waals surface area contributed by atoms with Crippen LogP contribution < -0.4 is 14.2 Å². The number of hydrogen-bond donors (Lipinski definition) is 0. The average Bonchev–Trinajstić information content (AvgIpc) is 2.59. The molecule has 0 aliphatic carbocycles. The Hall–Kier alpha value is -3.02. The predicted molar refractivity (Wildman–Crippen MR) is 88.1 cm³/mol. The van der Waals surface area contributed by atoms with Gasteiger partial charge in [0.05, 0.1) is 26.3 Å². The van der Waals surface area contributed by atoms with Gasteiger partial charge in [0.25, 0.3) is 0 Å². The van der Waals surface area contributed by atoms with Crippen molar-refractivity contribution in [3.8, 4) is 17.2 Å². The monoisotopic (exact) mass is 315 g/mol. The van der Waals surface area contributed by atoms with Gasteiger partial charge in [0.15, 0.2) is 5.75 Å². The average molecular weight is 315 g/mol. The normalized spacial score (nSPS) is 10.6. The van der Waals surface area contributed by atoms with Crippen LogP contribution in [0.4, 0.5) is 5.69 Å². The van der Waals surface area contributed by atoms with Crippen LogP contribution in [0.2, 0.25) is 0 Å². The molecule has 0 bridgehead atoms. The number of nitrogens with zero attached hydrogens (tertiary/aromatic N) is 1. The van der Waals surface area contributed by atoms with E-state index in [0.29, 0.717) is 17.1 Å². The number of benzene rings is 2. The lowest BCUT2D eigenvalue weighted by atomic mass is 10.1. The molecule has 0 fully saturated rings. The molecule has 0 saturated heterocycles. The lowest BCUT2D eigenvalue weighted by Crippen LogP contribution is -1.93. The molecule has 0 N–H and O–H groups in total. The number of ether oxygens (including phenoxy) is 3. The van der Waals surface area contributed by atoms with Crippen LogP contribution >= 0.6 is 0 Å². The Kier molecular flexibility index (Phi) is 5.19. The third-order valence-corrected chi connectivity index (χ3v) is 3.24. The fourth-order valence-corrected chi connectivity index (χ4v) is 2.07. The third-order valence-electron chi connectivity index (χ3n) is 3.24. The Morgan fingerprint density at radius 3 is 2.00 bits per heavy atom. The molecule has 6 nitrogen and oxygen atoms in total. The minimum Gasteiger partial charge on any atom is -0.497 e. The van der Waals surface area contributed by atoms with E-state index in [1.807, 2.05) is 18.2 Å². The largest absolute Gasteiger partial charge is 0.497 e. The van der Waals surface area contributed by atoms with E-state index in [9.17, 15) is 10.1 Å². The molecular weight excluding hydrogens is 298 g/mol. The van der Waals surface area contributed by atoms with Crippen LogP contribution in [0, 0.1) is 10.1 Å². The molecule has 0 aliphatic rings. The van der Waals surface area contributed by atoms with Crippen molar-refractivity contribution in [2.45, 2.75) is 0 Å². The van der Waals surface area contributed by atoms with E-state index < -0.39 is 4.92 Å². The van der Waals surface area contributed by atoms with Crippen LogP contribution in [0.1, 0.15) is 11.1 Å². The number of hydrogen-bond acceptors (Lipinski definition) is 5. The smallest absolute Gasteiger partial charge is 0.311 e. The number of nitro groups is 1. The lowest BCUT2D eigenvalue weighted by Gasteiger charge is -2.06. The Morgan fingerprint density at radius 1 is 0.870 bits per heavy atom. The summed E-state index contributed by atoms with van der Waals surface area (Å²) in [4.78, 5) is 10.6. The first kappa shape index (κ1) is 16.4. The van der Waals surface area contributed by atoms with Crippen molar-refractivity contribution in [1.29, 1.82) is 0 Å². The second-order valence-electron chi connectivity index (χ2n) is 4.67. The molecule has 0 saturated carbocycles. The van der Waals surface area contributed by atoms with Crippen molar-refractivity contribution in [2.24, 2.45) is 0 Å². The quantitative estimate of drug-likeness (QED) is 0.461. The fraction of sp³-hybridized carbons (Fsp3) is 0.176. The highest BCUT2D eigenvalue weighted by atomic mass is 16.6. The highest BCUT2D eigenvalue weighted by Crippen LogP contribution is 2.29. The van der Waals surface area contributed by atoms with Crippen molar-refractivity contribution in [2.75, 3.05) is 21.3 Å². The molecule has 0 amide bonds. The maximum atomic E-state index is 11.0. The van der Waals surface area contributed by atoms with Crippen molar-refractivity contribution < 1.29 is 19.1 Å². The maximum Gasteiger partial charge on any atom is 0.311 e. The lowest BCUT2D eigenvalue weighted by molar-refractivity contribution is -0.385. The van der Waals surface area contributed by atoms with E-state index in [2.05, 4.69) is 0 Å². The van der Waals surface area contributed by atoms with Gasteiger partial charge in [-0.1, -0.05) is 18.2 Å². The van der Waals surface area contributed by atoms with Crippen LogP contribution in [0.3, 0.4) is 0 Å². The van der Waals surface area contributed by atoms with Gasteiger partial charge < -0.3 is 14.2 Å². The van der Waals surface area contributed by atoms with E-state index in [-0.39, 0.29) is 11.4 Å². The summed E-state index contributed by atoms with van der Waals surface area (Å²) in [6.45, 7) is 0. The van der Waals surface area contributed by atoms with E-state index >= 15 is 0 Å². The summed E-state index contributed by atoms with van der Waals surface area (Å²) in [6, 6.07) is 10.2. The van der Waals surface area contributed by atoms with Crippen LogP contribution in [0.5, 0.6) is 17.2 Å². The number of methoxy groups -OCH3 is 3. The molecular formula is C17H17NO5. The van der Waals surface area contributed by atoms with E-state index in [1.165, 1.54) is 13.2 Å². The van der Waals surface area contributed by atoms with Gasteiger partial charge >= 0.3 is 5.69 Å². The Bertz CT molecular complexity index is 718. The van der Waals surface area contributed by atoms with Crippen molar-refractivity contribution >= 4 is 17.8 Å². The molecule has 120 valence electrons. The predicted octanol–water partition coefficient (Wildman–Crippen LogP) is 3.79. The summed E-state index contributed by atoms with van der Waals surface area (Å²) in [7, 11) is 4.56. The Balaban J connectivity index is 2.33. The molecule has 6 heteroatoms. The highest BCUT2D eigenvalue weighted by molar-refractivity contribution is 5.72. The number of nitro benzene ring substituents is 1. The molecule has 2 rings (SSSR count). The van der Waals surface area contributed by atoms with Crippen molar-refractivity contribution in [3.05, 3.63) is 57.6 Å². The zero-order valence-electron chi connectivity index (χ0n) is 13.1. The minimum absolute atomic E-state index is 0.0714. The van der Waals surface area contributed by atoms with Gasteiger partial charge in [-0.25, -0.2) is 0 Å². The summed E-state index contributed by atoms with van der Waals surface area (Å²) in [5.41, 5.74) is 1.48. The van der Waals surface area contributed by atoms with E-state index in [0.717, 1.165) is 5.56 Å². The topological polar surface area (TPSA) is 70.8 Å². The minimum atomic E-state index is -0.468. The summed E-state index contributed by atoms with van der Waals surface area (Å²) < 4.78 is 15.4. The molecule has 0 spiro atoms. The molecule has 23 heavy (non-hydrogen) atoms. The van der Waals surface area contributed by atoms with Gasteiger partial charge in [0.2, 0.25) is 0 Å². The maximum absolute atomic E-state index is 11.0. The Morgan fingerprint density at radius 2 is 1.48 bits per heavy atom. The SMILES string of the molecule is COc1cc(C=Cc2ccc(OC)c([N+](=O)[O-])c2)cc(OC)c1. The van der Waals surface area contributed by atoms with Crippen LogP contribution in [-0.2, 0) is 0 Å². The van der Waals surface area contributed by atoms with Crippen LogP contribution in [-0.4, -0.2) is 26.3 Å². The summed E-state index contributed by atoms with van der Waals surface area (Å²) >= 11 is 0. The zero-order valence-corrected chi connectivity index (χ0v) is 13.1. The molecule has 0 heterocycles. The Labute approximate surface area is 134 Å². The third kappa shape index (κ3) is 4.00. The number of rotatable bonds is 6. The molecule has 0 atom stereocenters. The fourth-order valence-electron chi connectivity index (χ4n) is 2.07. The molecule has 2 aromatic rings. The molecule has 0 radical (unpaired) electrons. The summed E-state index contributed by atoms with van der Waals surface area (Å²) in [5, 5.41) is 11.0. The first-order valence-corrected chi connectivity index (χ1v) is 6.81. The van der Waals surface area contributed by atoms with Gasteiger partial charge in [-0.15, -0.1) is 0 Å². The van der Waals surface area contributed by atoms with Crippen molar-refractivity contribution in [3.63, 3.8) is 0 Å². The van der Waals surface area contributed by atoms with Gasteiger partial charge in [0, 0.05) is 12.1 Å². The standard InChI is InChI=1S/C17H17NO5/c1-21-14-8-13(9-15(11-14)22-2)5-4-12-6-7-17(23-3)16(10-12)18(19)20/h4-11H,1-3H3. The summed E-state index contributed by atoms with van der Waals surface area (Å²) in [6.07, 6.45) is 3.61.